The van der Waals surface area contributed by atoms with E-state index in [1.165, 1.54) is 12.8 Å². The molecule has 8 heteroatoms. The predicted molar refractivity (Wildman–Crippen MR) is 137 cm³/mol. The second-order valence-corrected chi connectivity index (χ2v) is 8.64. The molecule has 1 aliphatic carbocycles. The van der Waals surface area contributed by atoms with Crippen LogP contribution in [-0.4, -0.2) is 46.9 Å². The Morgan fingerprint density at radius 1 is 0.970 bits per heavy atom. The minimum Gasteiger partial charge on any atom is -0.676 e. The predicted octanol–water partition coefficient (Wildman–Crippen LogP) is 6.95. The Morgan fingerprint density at radius 3 is 1.94 bits per heavy atom. The minimum atomic E-state index is -0.0799. The van der Waals surface area contributed by atoms with Crippen molar-refractivity contribution in [3.05, 3.63) is 65.4 Å². The van der Waals surface area contributed by atoms with Gasteiger partial charge in [0.05, 0.1) is 16.7 Å². The first-order valence-corrected chi connectivity index (χ1v) is 14.2. The maximum atomic E-state index is 9.68. The second kappa shape index (κ2) is 12.7. The molecule has 2 fully saturated rings. The van der Waals surface area contributed by atoms with Crippen molar-refractivity contribution < 1.29 is 18.8 Å². The zero-order valence-corrected chi connectivity index (χ0v) is 21.9. The summed E-state index contributed by atoms with van der Waals surface area (Å²) in [5.41, 5.74) is 17.7. The summed E-state index contributed by atoms with van der Waals surface area (Å²) in [7, 11) is 4.61. The Balaban J connectivity index is 0.000000258. The number of benzene rings is 2. The number of amidine groups is 1. The summed E-state index contributed by atoms with van der Waals surface area (Å²) in [6, 6.07) is 16.7. The average molecular weight is 646 g/mol. The van der Waals surface area contributed by atoms with Gasteiger partial charge in [-0.05, 0) is 38.6 Å². The van der Waals surface area contributed by atoms with E-state index in [0.717, 1.165) is 59.8 Å². The maximum absolute atomic E-state index is 9.68. The molecule has 3 N–H and O–H groups in total. The molecular formula is C25H31ClN6Pt-3. The van der Waals surface area contributed by atoms with Crippen LogP contribution in [0.2, 0.25) is 0 Å². The second-order valence-electron chi connectivity index (χ2n) is 8.64. The molecule has 33 heavy (non-hydrogen) atoms. The van der Waals surface area contributed by atoms with Crippen molar-refractivity contribution in [3.8, 4) is 0 Å². The third kappa shape index (κ3) is 6.66. The number of likely N-dealkylation sites (tertiary alicyclic amines) is 1. The molecule has 2 heterocycles. The number of fused-ring (bicyclic) bond motifs is 2. The number of pyridine rings is 1. The number of rotatable bonds is 2. The van der Waals surface area contributed by atoms with Crippen LogP contribution >= 0.6 is 9.42 Å². The molecule has 3 atom stereocenters. The van der Waals surface area contributed by atoms with Crippen LogP contribution in [0, 0.1) is 0 Å². The number of nitrogens with one attached hydrogen (secondary N) is 3. The molecule has 0 bridgehead atoms. The van der Waals surface area contributed by atoms with Crippen LogP contribution < -0.4 is 5.32 Å². The van der Waals surface area contributed by atoms with Crippen LogP contribution in [0.25, 0.3) is 38.7 Å². The van der Waals surface area contributed by atoms with Crippen LogP contribution in [0.3, 0.4) is 0 Å². The summed E-state index contributed by atoms with van der Waals surface area (Å²) in [6.45, 7) is 3.47. The summed E-state index contributed by atoms with van der Waals surface area (Å²) >= 11 is 1.61. The standard InChI is InChI=1S/C19H19N4.C6H12N2.ClH.Pt/c1-13(20)23-11-10-14(12-23)21-19-15-6-2-4-8-17(15)22-18-9-5-3-7-16(18)19;7-5-3-1-2-4-6(5)8;;/h2-9,14H,10-12H2,1H3,(H,21,22);5-8H,1-4H2;1H;/q-1;-2;;+1/p-1/t14-;5-,6-;;/m11../s1. The molecule has 1 aliphatic heterocycles. The largest absolute Gasteiger partial charge is 0.676 e. The van der Waals surface area contributed by atoms with Crippen molar-refractivity contribution >= 4 is 42.7 Å². The molecule has 1 aromatic heterocycles. The van der Waals surface area contributed by atoms with Crippen molar-refractivity contribution in [3.63, 3.8) is 0 Å². The van der Waals surface area contributed by atoms with E-state index in [1.54, 1.807) is 25.7 Å². The van der Waals surface area contributed by atoms with Gasteiger partial charge in [-0.25, -0.2) is 4.98 Å². The number of halogens is 1. The first kappa shape index (κ1) is 25.9. The van der Waals surface area contributed by atoms with Gasteiger partial charge in [-0.3, -0.25) is 0 Å². The van der Waals surface area contributed by atoms with Gasteiger partial charge >= 0.3 is 28.2 Å². The fourth-order valence-electron chi connectivity index (χ4n) is 4.50. The summed E-state index contributed by atoms with van der Waals surface area (Å²) in [4.78, 5) is 6.78. The number of hydrogen-bond acceptors (Lipinski definition) is 2. The van der Waals surface area contributed by atoms with Crippen LogP contribution in [-0.2, 0) is 18.8 Å². The van der Waals surface area contributed by atoms with Crippen LogP contribution in [0.15, 0.2) is 48.5 Å². The van der Waals surface area contributed by atoms with Crippen LogP contribution in [0.4, 0.5) is 5.69 Å². The van der Waals surface area contributed by atoms with E-state index in [9.17, 15) is 5.41 Å². The van der Waals surface area contributed by atoms with E-state index >= 15 is 0 Å². The smallest absolute Gasteiger partial charge is 0.0548 e. The fourth-order valence-corrected chi connectivity index (χ4v) is 4.50. The molecule has 2 aromatic carbocycles. The minimum absolute atomic E-state index is 0.0799. The summed E-state index contributed by atoms with van der Waals surface area (Å²) < 4.78 is 0. The Morgan fingerprint density at radius 2 is 1.48 bits per heavy atom. The van der Waals surface area contributed by atoms with Crippen molar-refractivity contribution in [2.24, 2.45) is 0 Å². The van der Waals surface area contributed by atoms with E-state index in [1.807, 2.05) is 17.0 Å². The third-order valence-corrected chi connectivity index (χ3v) is 6.35. The van der Waals surface area contributed by atoms with Gasteiger partial charge in [-0.15, -0.1) is 0 Å². The zero-order chi connectivity index (χ0) is 23.8. The Labute approximate surface area is 211 Å². The monoisotopic (exact) mass is 645 g/mol. The van der Waals surface area contributed by atoms with E-state index in [2.05, 4.69) is 51.1 Å². The van der Waals surface area contributed by atoms with Gasteiger partial charge in [0.25, 0.3) is 0 Å². The molecule has 0 amide bonds. The van der Waals surface area contributed by atoms with Gasteiger partial charge in [0.2, 0.25) is 0 Å². The maximum Gasteiger partial charge on any atom is -0.0548 e. The number of para-hydroxylation sites is 2. The molecule has 1 saturated heterocycles. The summed E-state index contributed by atoms with van der Waals surface area (Å²) in [5.74, 6) is 0.402. The Hall–Kier alpha value is -1.72. The molecule has 0 spiro atoms. The average Bonchev–Trinajstić information content (AvgIpc) is 3.32. The Bertz CT molecular complexity index is 997. The third-order valence-electron chi connectivity index (χ3n) is 6.35. The first-order valence-electron chi connectivity index (χ1n) is 11.4. The van der Waals surface area contributed by atoms with Crippen LogP contribution in [0.5, 0.6) is 0 Å². The number of anilines is 1. The molecular weight excluding hydrogens is 615 g/mol. The van der Waals surface area contributed by atoms with Crippen molar-refractivity contribution in [1.29, 1.82) is 0 Å². The molecule has 0 unspecified atom stereocenters. The molecule has 2 aliphatic rings. The zero-order valence-electron chi connectivity index (χ0n) is 18.8. The number of nitrogens with zero attached hydrogens (tertiary/aromatic N) is 3. The van der Waals surface area contributed by atoms with Crippen LogP contribution in [0.1, 0.15) is 39.0 Å². The van der Waals surface area contributed by atoms with Gasteiger partial charge < -0.3 is 27.1 Å². The van der Waals surface area contributed by atoms with E-state index in [-0.39, 0.29) is 12.1 Å². The van der Waals surface area contributed by atoms with Crippen molar-refractivity contribution in [2.75, 3.05) is 18.4 Å². The number of hydrogen-bond donors (Lipinski definition) is 1. The summed E-state index contributed by atoms with van der Waals surface area (Å²) in [5, 5.41) is 15.7. The van der Waals surface area contributed by atoms with E-state index in [0.29, 0.717) is 11.9 Å². The fraction of sp³-hybridized carbons (Fsp3) is 0.440. The Kier molecular flexibility index (Phi) is 9.93. The topological polar surface area (TPSA) is 98.1 Å². The SMILES string of the molecule is CC(=[N-])N1CC[C@@H](Nc2c3ccccc3nc3ccccc23)C1.[Cl][Pt].[NH-][C@@H]1CCCC[C@H]1[NH-]. The molecule has 0 radical (unpaired) electrons. The normalized spacial score (nSPS) is 22.2. The van der Waals surface area contributed by atoms with Crippen molar-refractivity contribution in [1.82, 2.24) is 9.88 Å². The molecule has 5 rings (SSSR count). The van der Waals surface area contributed by atoms with Gasteiger partial charge in [-0.1, -0.05) is 67.9 Å². The molecule has 1 saturated carbocycles. The van der Waals surface area contributed by atoms with Crippen molar-refractivity contribution in [2.45, 2.75) is 57.2 Å². The molecule has 181 valence electrons. The first-order chi connectivity index (χ1) is 16.0. The van der Waals surface area contributed by atoms with Gasteiger partial charge in [-0.2, -0.15) is 12.1 Å². The van der Waals surface area contributed by atoms with Gasteiger partial charge in [0.1, 0.15) is 0 Å². The van der Waals surface area contributed by atoms with E-state index < -0.39 is 0 Å². The molecule has 3 aromatic rings. The molecule has 6 nitrogen and oxygen atoms in total. The van der Waals surface area contributed by atoms with E-state index in [4.69, 9.17) is 16.5 Å². The van der Waals surface area contributed by atoms with Gasteiger partial charge in [0.15, 0.2) is 0 Å². The number of aromatic nitrogens is 1. The summed E-state index contributed by atoms with van der Waals surface area (Å²) in [6.07, 6.45) is 5.26. The quantitative estimate of drug-likeness (QED) is 0.186. The van der Waals surface area contributed by atoms with Gasteiger partial charge in [0, 0.05) is 16.8 Å².